The van der Waals surface area contributed by atoms with Crippen molar-refractivity contribution in [2.45, 2.75) is 31.6 Å². The third kappa shape index (κ3) is 6.92. The van der Waals surface area contributed by atoms with E-state index < -0.39 is 14.9 Å². The molecule has 0 radical (unpaired) electrons. The van der Waals surface area contributed by atoms with Gasteiger partial charge in [0.1, 0.15) is 0 Å². The topological polar surface area (TPSA) is 140 Å². The standard InChI is InChI=1S/C19H25N5O4S.HI/c1-3-14-7-5-8-15(4-2)18(14)23-19(20)21-11-12-22-29(27,28)17-10-6-9-16(13-17)24(25)26;/h5-10,13,22H,3-4,11-12H2,1-2H3,(H3,20,21,23);1H. The lowest BCUT2D eigenvalue weighted by Crippen LogP contribution is -2.29. The number of rotatable bonds is 9. The molecule has 4 N–H and O–H groups in total. The van der Waals surface area contributed by atoms with Crippen molar-refractivity contribution in [2.75, 3.05) is 18.4 Å². The molecule has 0 bridgehead atoms. The van der Waals surface area contributed by atoms with E-state index in [2.05, 4.69) is 28.9 Å². The molecule has 0 saturated carbocycles. The van der Waals surface area contributed by atoms with Crippen LogP contribution < -0.4 is 15.8 Å². The second-order valence-corrected chi connectivity index (χ2v) is 7.97. The van der Waals surface area contributed by atoms with E-state index in [9.17, 15) is 18.5 Å². The van der Waals surface area contributed by atoms with Crippen molar-refractivity contribution >= 4 is 51.3 Å². The van der Waals surface area contributed by atoms with Gasteiger partial charge in [-0.05, 0) is 30.0 Å². The van der Waals surface area contributed by atoms with E-state index in [-0.39, 0.29) is 53.6 Å². The van der Waals surface area contributed by atoms with Crippen LogP contribution >= 0.6 is 24.0 Å². The van der Waals surface area contributed by atoms with Crippen LogP contribution in [-0.2, 0) is 22.9 Å². The fourth-order valence-corrected chi connectivity index (χ4v) is 3.83. The average Bonchev–Trinajstić information content (AvgIpc) is 2.71. The molecule has 2 aromatic carbocycles. The van der Waals surface area contributed by atoms with Gasteiger partial charge in [-0.25, -0.2) is 13.1 Å². The van der Waals surface area contributed by atoms with Crippen molar-refractivity contribution in [2.24, 2.45) is 10.7 Å². The zero-order chi connectivity index (χ0) is 21.4. The first-order valence-electron chi connectivity index (χ1n) is 9.20. The molecule has 0 aliphatic heterocycles. The summed E-state index contributed by atoms with van der Waals surface area (Å²) < 4.78 is 26.9. The van der Waals surface area contributed by atoms with Crippen molar-refractivity contribution in [3.63, 3.8) is 0 Å². The minimum atomic E-state index is -3.88. The maximum Gasteiger partial charge on any atom is 0.270 e. The molecule has 0 fully saturated rings. The monoisotopic (exact) mass is 547 g/mol. The van der Waals surface area contributed by atoms with Crippen LogP contribution in [0.2, 0.25) is 0 Å². The Hall–Kier alpha value is -2.25. The molecule has 9 nitrogen and oxygen atoms in total. The molecule has 0 aliphatic carbocycles. The van der Waals surface area contributed by atoms with Gasteiger partial charge in [-0.15, -0.1) is 24.0 Å². The van der Waals surface area contributed by atoms with Gasteiger partial charge in [0.2, 0.25) is 10.0 Å². The highest BCUT2D eigenvalue weighted by Gasteiger charge is 2.17. The quantitative estimate of drug-likeness (QED) is 0.110. The predicted octanol–water partition coefficient (Wildman–Crippen LogP) is 3.04. The van der Waals surface area contributed by atoms with Gasteiger partial charge in [0.15, 0.2) is 5.96 Å². The summed E-state index contributed by atoms with van der Waals surface area (Å²) in [5.74, 6) is 0.190. The molecule has 0 spiro atoms. The number of nitro benzene ring substituents is 1. The molecule has 0 aromatic heterocycles. The molecule has 0 heterocycles. The number of guanidine groups is 1. The van der Waals surface area contributed by atoms with Crippen molar-refractivity contribution in [3.05, 3.63) is 63.7 Å². The van der Waals surface area contributed by atoms with Crippen LogP contribution in [0.1, 0.15) is 25.0 Å². The van der Waals surface area contributed by atoms with Crippen LogP contribution in [0.5, 0.6) is 0 Å². The lowest BCUT2D eigenvalue weighted by Gasteiger charge is -2.14. The van der Waals surface area contributed by atoms with Gasteiger partial charge in [-0.1, -0.05) is 38.1 Å². The number of hydrogen-bond acceptors (Lipinski definition) is 5. The summed E-state index contributed by atoms with van der Waals surface area (Å²) in [5, 5.41) is 13.9. The molecule has 0 aliphatic rings. The lowest BCUT2D eigenvalue weighted by atomic mass is 10.0. The Morgan fingerprint density at radius 3 is 2.30 bits per heavy atom. The molecular weight excluding hydrogens is 521 g/mol. The molecule has 0 unspecified atom stereocenters. The Morgan fingerprint density at radius 1 is 1.13 bits per heavy atom. The lowest BCUT2D eigenvalue weighted by molar-refractivity contribution is -0.385. The first-order chi connectivity index (χ1) is 13.8. The number of nitro groups is 1. The van der Waals surface area contributed by atoms with Gasteiger partial charge < -0.3 is 11.1 Å². The summed E-state index contributed by atoms with van der Waals surface area (Å²) in [7, 11) is -3.88. The zero-order valence-corrected chi connectivity index (χ0v) is 19.9. The SMILES string of the molecule is CCc1cccc(CC)c1NC(N)=NCCNS(=O)(=O)c1cccc([N+](=O)[O-])c1.I. The van der Waals surface area contributed by atoms with E-state index in [4.69, 9.17) is 5.73 Å². The molecule has 30 heavy (non-hydrogen) atoms. The second-order valence-electron chi connectivity index (χ2n) is 6.20. The van der Waals surface area contributed by atoms with Gasteiger partial charge in [-0.3, -0.25) is 15.1 Å². The first kappa shape index (κ1) is 25.8. The summed E-state index contributed by atoms with van der Waals surface area (Å²) in [6.07, 6.45) is 1.68. The van der Waals surface area contributed by atoms with Crippen LogP contribution in [0.25, 0.3) is 0 Å². The fourth-order valence-electron chi connectivity index (χ4n) is 2.77. The minimum Gasteiger partial charge on any atom is -0.370 e. The fraction of sp³-hybridized carbons (Fsp3) is 0.316. The maximum absolute atomic E-state index is 12.3. The van der Waals surface area contributed by atoms with Crippen LogP contribution in [0.15, 0.2) is 52.4 Å². The van der Waals surface area contributed by atoms with Crippen LogP contribution in [0.3, 0.4) is 0 Å². The minimum absolute atomic E-state index is 0. The Balaban J connectivity index is 0.00000450. The largest absolute Gasteiger partial charge is 0.370 e. The summed E-state index contributed by atoms with van der Waals surface area (Å²) in [6.45, 7) is 4.22. The summed E-state index contributed by atoms with van der Waals surface area (Å²) in [4.78, 5) is 14.2. The Kier molecular flexibility index (Phi) is 10.2. The van der Waals surface area contributed by atoms with Crippen molar-refractivity contribution in [1.29, 1.82) is 0 Å². The number of nitrogens with two attached hydrogens (primary N) is 1. The molecule has 0 amide bonds. The van der Waals surface area contributed by atoms with Crippen molar-refractivity contribution in [1.82, 2.24) is 4.72 Å². The van der Waals surface area contributed by atoms with Gasteiger partial charge >= 0.3 is 0 Å². The Labute approximate surface area is 193 Å². The smallest absolute Gasteiger partial charge is 0.270 e. The summed E-state index contributed by atoms with van der Waals surface area (Å²) in [5.41, 5.74) is 8.83. The van der Waals surface area contributed by atoms with Gasteiger partial charge in [0.25, 0.3) is 5.69 Å². The van der Waals surface area contributed by atoms with Gasteiger partial charge in [0, 0.05) is 24.4 Å². The molecule has 0 atom stereocenters. The number of aliphatic imine (C=N–C) groups is 1. The van der Waals surface area contributed by atoms with E-state index >= 15 is 0 Å². The highest BCUT2D eigenvalue weighted by Crippen LogP contribution is 2.22. The van der Waals surface area contributed by atoms with E-state index in [1.807, 2.05) is 18.2 Å². The molecule has 2 aromatic rings. The Bertz CT molecular complexity index is 989. The zero-order valence-electron chi connectivity index (χ0n) is 16.8. The number of non-ortho nitro benzene ring substituents is 1. The predicted molar refractivity (Wildman–Crippen MR) is 129 cm³/mol. The number of nitrogens with one attached hydrogen (secondary N) is 2. The maximum atomic E-state index is 12.3. The molecule has 164 valence electrons. The van der Waals surface area contributed by atoms with Crippen molar-refractivity contribution in [3.8, 4) is 0 Å². The number of para-hydroxylation sites is 1. The number of benzene rings is 2. The Morgan fingerprint density at radius 2 is 1.73 bits per heavy atom. The van der Waals surface area contributed by atoms with Gasteiger partial charge in [-0.2, -0.15) is 0 Å². The van der Waals surface area contributed by atoms with E-state index in [0.717, 1.165) is 35.7 Å². The van der Waals surface area contributed by atoms with Gasteiger partial charge in [0.05, 0.1) is 16.4 Å². The normalized spacial score (nSPS) is 11.6. The highest BCUT2D eigenvalue weighted by atomic mass is 127. The number of nitrogens with zero attached hydrogens (tertiary/aromatic N) is 2. The van der Waals surface area contributed by atoms with Crippen molar-refractivity contribution < 1.29 is 13.3 Å². The third-order valence-electron chi connectivity index (χ3n) is 4.28. The third-order valence-corrected chi connectivity index (χ3v) is 5.74. The number of aryl methyl sites for hydroxylation is 2. The molecule has 11 heteroatoms. The van der Waals surface area contributed by atoms with Crippen LogP contribution in [-0.4, -0.2) is 32.4 Å². The molecule has 2 rings (SSSR count). The first-order valence-corrected chi connectivity index (χ1v) is 10.7. The second kappa shape index (κ2) is 11.8. The number of sulfonamides is 1. The summed E-state index contributed by atoms with van der Waals surface area (Å²) >= 11 is 0. The average molecular weight is 547 g/mol. The molecular formula is C19H26IN5O4S. The van der Waals surface area contributed by atoms with E-state index in [1.165, 1.54) is 18.2 Å². The summed E-state index contributed by atoms with van der Waals surface area (Å²) in [6, 6.07) is 10.9. The number of hydrogen-bond donors (Lipinski definition) is 3. The van der Waals surface area contributed by atoms with E-state index in [0.29, 0.717) is 0 Å². The number of anilines is 1. The molecule has 0 saturated heterocycles. The van der Waals surface area contributed by atoms with E-state index in [1.54, 1.807) is 0 Å². The highest BCUT2D eigenvalue weighted by molar-refractivity contribution is 14.0. The van der Waals surface area contributed by atoms with Crippen LogP contribution in [0, 0.1) is 10.1 Å². The van der Waals surface area contributed by atoms with Crippen LogP contribution in [0.4, 0.5) is 11.4 Å². The number of halogens is 1.